The van der Waals surface area contributed by atoms with Crippen molar-refractivity contribution in [3.63, 3.8) is 0 Å². The number of aliphatic hydroxyl groups excluding tert-OH is 3. The standard InChI is InChI=1S/C9H10O4/c10-7-5-3-1-2-4-6(5)13-9(12)8(7)11/h1-4,7-12H. The van der Waals surface area contributed by atoms with Crippen LogP contribution in [0.5, 0.6) is 5.75 Å². The van der Waals surface area contributed by atoms with E-state index in [1.165, 1.54) is 0 Å². The van der Waals surface area contributed by atoms with Crippen LogP contribution in [0.2, 0.25) is 0 Å². The first kappa shape index (κ1) is 8.50. The second-order valence-electron chi connectivity index (χ2n) is 2.98. The number of fused-ring (bicyclic) bond motifs is 1. The summed E-state index contributed by atoms with van der Waals surface area (Å²) >= 11 is 0. The highest BCUT2D eigenvalue weighted by Crippen LogP contribution is 2.33. The van der Waals surface area contributed by atoms with Crippen molar-refractivity contribution in [1.82, 2.24) is 0 Å². The maximum absolute atomic E-state index is 9.51. The molecule has 4 nitrogen and oxygen atoms in total. The monoisotopic (exact) mass is 182 g/mol. The number of rotatable bonds is 0. The van der Waals surface area contributed by atoms with Crippen LogP contribution < -0.4 is 4.74 Å². The Bertz CT molecular complexity index is 312. The van der Waals surface area contributed by atoms with Crippen molar-refractivity contribution in [2.75, 3.05) is 0 Å². The first-order valence-corrected chi connectivity index (χ1v) is 4.00. The van der Waals surface area contributed by atoms with Crippen molar-refractivity contribution < 1.29 is 20.1 Å². The lowest BCUT2D eigenvalue weighted by molar-refractivity contribution is -0.159. The van der Waals surface area contributed by atoms with Gasteiger partial charge in [0.2, 0.25) is 6.29 Å². The SMILES string of the molecule is OC1Oc2ccccc2C(O)C1O. The van der Waals surface area contributed by atoms with Crippen LogP contribution in [-0.2, 0) is 0 Å². The van der Waals surface area contributed by atoms with Crippen molar-refractivity contribution >= 4 is 0 Å². The molecule has 13 heavy (non-hydrogen) atoms. The molecular weight excluding hydrogens is 172 g/mol. The summed E-state index contributed by atoms with van der Waals surface area (Å²) in [5.41, 5.74) is 0.500. The lowest BCUT2D eigenvalue weighted by Crippen LogP contribution is -2.40. The van der Waals surface area contributed by atoms with E-state index in [0.717, 1.165) is 0 Å². The molecule has 3 unspecified atom stereocenters. The highest BCUT2D eigenvalue weighted by molar-refractivity contribution is 5.37. The minimum Gasteiger partial charge on any atom is -0.462 e. The fraction of sp³-hybridized carbons (Fsp3) is 0.333. The molecule has 0 saturated carbocycles. The highest BCUT2D eigenvalue weighted by Gasteiger charge is 2.34. The number of hydrogen-bond acceptors (Lipinski definition) is 4. The Morgan fingerprint density at radius 2 is 1.77 bits per heavy atom. The van der Waals surface area contributed by atoms with Crippen LogP contribution in [0.3, 0.4) is 0 Å². The molecule has 0 bridgehead atoms. The summed E-state index contributed by atoms with van der Waals surface area (Å²) in [6.07, 6.45) is -3.72. The van der Waals surface area contributed by atoms with E-state index in [2.05, 4.69) is 0 Å². The van der Waals surface area contributed by atoms with Gasteiger partial charge in [0.1, 0.15) is 18.0 Å². The quantitative estimate of drug-likeness (QED) is 0.519. The molecule has 3 N–H and O–H groups in total. The average molecular weight is 182 g/mol. The molecule has 4 heteroatoms. The summed E-state index contributed by atoms with van der Waals surface area (Å²) in [5, 5.41) is 27.9. The second-order valence-corrected chi connectivity index (χ2v) is 2.98. The zero-order valence-electron chi connectivity index (χ0n) is 6.79. The van der Waals surface area contributed by atoms with Crippen molar-refractivity contribution in [2.24, 2.45) is 0 Å². The fourth-order valence-corrected chi connectivity index (χ4v) is 1.37. The minimum atomic E-state index is -1.36. The van der Waals surface area contributed by atoms with Gasteiger partial charge in [0.15, 0.2) is 0 Å². The Hall–Kier alpha value is -1.10. The topological polar surface area (TPSA) is 69.9 Å². The second kappa shape index (κ2) is 2.99. The van der Waals surface area contributed by atoms with Gasteiger partial charge in [-0.2, -0.15) is 0 Å². The number of ether oxygens (including phenoxy) is 1. The summed E-state index contributed by atoms with van der Waals surface area (Å²) in [5.74, 6) is 0.410. The third kappa shape index (κ3) is 1.29. The molecular formula is C9H10O4. The molecule has 0 fully saturated rings. The Morgan fingerprint density at radius 1 is 1.08 bits per heavy atom. The Morgan fingerprint density at radius 3 is 2.54 bits per heavy atom. The van der Waals surface area contributed by atoms with E-state index in [1.54, 1.807) is 24.3 Å². The molecule has 0 aliphatic carbocycles. The first-order valence-electron chi connectivity index (χ1n) is 4.00. The van der Waals surface area contributed by atoms with Crippen molar-refractivity contribution in [1.29, 1.82) is 0 Å². The zero-order chi connectivity index (χ0) is 9.42. The Balaban J connectivity index is 2.43. The summed E-state index contributed by atoms with van der Waals surface area (Å²) in [4.78, 5) is 0. The molecule has 0 aromatic heterocycles. The van der Waals surface area contributed by atoms with Gasteiger partial charge in [-0.15, -0.1) is 0 Å². The number of hydrogen-bond donors (Lipinski definition) is 3. The van der Waals surface area contributed by atoms with Crippen LogP contribution in [0.25, 0.3) is 0 Å². The van der Waals surface area contributed by atoms with Gasteiger partial charge in [0.25, 0.3) is 0 Å². The fourth-order valence-electron chi connectivity index (χ4n) is 1.37. The van der Waals surface area contributed by atoms with E-state index < -0.39 is 18.5 Å². The smallest absolute Gasteiger partial charge is 0.226 e. The molecule has 1 aliphatic rings. The molecule has 0 spiro atoms. The van der Waals surface area contributed by atoms with Gasteiger partial charge in [-0.25, -0.2) is 0 Å². The predicted molar refractivity (Wildman–Crippen MR) is 44.0 cm³/mol. The largest absolute Gasteiger partial charge is 0.462 e. The van der Waals surface area contributed by atoms with E-state index >= 15 is 0 Å². The van der Waals surface area contributed by atoms with Crippen LogP contribution in [0, 0.1) is 0 Å². The van der Waals surface area contributed by atoms with Gasteiger partial charge in [-0.1, -0.05) is 18.2 Å². The average Bonchev–Trinajstić information content (AvgIpc) is 2.15. The molecule has 70 valence electrons. The van der Waals surface area contributed by atoms with Crippen molar-refractivity contribution in [3.05, 3.63) is 29.8 Å². The Kier molecular flexibility index (Phi) is 1.95. The van der Waals surface area contributed by atoms with E-state index in [0.29, 0.717) is 11.3 Å². The zero-order valence-corrected chi connectivity index (χ0v) is 6.79. The minimum absolute atomic E-state index is 0.410. The molecule has 1 heterocycles. The van der Waals surface area contributed by atoms with Gasteiger partial charge >= 0.3 is 0 Å². The number of aliphatic hydroxyl groups is 3. The molecule has 3 atom stereocenters. The Labute approximate surface area is 75.0 Å². The summed E-state index contributed by atoms with van der Waals surface area (Å²) < 4.78 is 4.96. The number of benzene rings is 1. The molecule has 0 amide bonds. The summed E-state index contributed by atoms with van der Waals surface area (Å²) in [6, 6.07) is 6.74. The predicted octanol–water partition coefficient (Wildman–Crippen LogP) is -0.208. The van der Waals surface area contributed by atoms with Crippen LogP contribution in [0.4, 0.5) is 0 Å². The van der Waals surface area contributed by atoms with Gasteiger partial charge in [0.05, 0.1) is 0 Å². The van der Waals surface area contributed by atoms with Crippen LogP contribution in [-0.4, -0.2) is 27.7 Å². The maximum Gasteiger partial charge on any atom is 0.226 e. The van der Waals surface area contributed by atoms with Crippen molar-refractivity contribution in [3.8, 4) is 5.75 Å². The first-order chi connectivity index (χ1) is 6.20. The third-order valence-electron chi connectivity index (χ3n) is 2.10. The lowest BCUT2D eigenvalue weighted by atomic mass is 10.0. The molecule has 1 aromatic rings. The van der Waals surface area contributed by atoms with Gasteiger partial charge < -0.3 is 20.1 Å². The van der Waals surface area contributed by atoms with E-state index in [-0.39, 0.29) is 0 Å². The van der Waals surface area contributed by atoms with E-state index in [9.17, 15) is 10.2 Å². The maximum atomic E-state index is 9.51. The highest BCUT2D eigenvalue weighted by atomic mass is 16.6. The van der Waals surface area contributed by atoms with E-state index in [4.69, 9.17) is 9.84 Å². The molecule has 2 rings (SSSR count). The third-order valence-corrected chi connectivity index (χ3v) is 2.10. The van der Waals surface area contributed by atoms with Gasteiger partial charge in [0, 0.05) is 5.56 Å². The molecule has 1 aliphatic heterocycles. The number of para-hydroxylation sites is 1. The molecule has 0 radical (unpaired) electrons. The van der Waals surface area contributed by atoms with E-state index in [1.807, 2.05) is 0 Å². The van der Waals surface area contributed by atoms with Crippen LogP contribution in [0.1, 0.15) is 11.7 Å². The van der Waals surface area contributed by atoms with Crippen molar-refractivity contribution in [2.45, 2.75) is 18.5 Å². The van der Waals surface area contributed by atoms with Gasteiger partial charge in [-0.05, 0) is 6.07 Å². The van der Waals surface area contributed by atoms with Crippen LogP contribution >= 0.6 is 0 Å². The lowest BCUT2D eigenvalue weighted by Gasteiger charge is -2.30. The normalized spacial score (nSPS) is 32.1. The molecule has 1 aromatic carbocycles. The molecule has 0 saturated heterocycles. The summed E-state index contributed by atoms with van der Waals surface area (Å²) in [7, 11) is 0. The summed E-state index contributed by atoms with van der Waals surface area (Å²) in [6.45, 7) is 0. The van der Waals surface area contributed by atoms with Crippen LogP contribution in [0.15, 0.2) is 24.3 Å². The van der Waals surface area contributed by atoms with Gasteiger partial charge in [-0.3, -0.25) is 0 Å².